The maximum atomic E-state index is 2.44. The molecule has 2 heteroatoms. The third kappa shape index (κ3) is 4.63. The zero-order chi connectivity index (χ0) is 31.6. The van der Waals surface area contributed by atoms with E-state index in [9.17, 15) is 0 Å². The van der Waals surface area contributed by atoms with E-state index >= 15 is 0 Å². The molecule has 0 atom stereocenters. The fourth-order valence-corrected chi connectivity index (χ4v) is 7.34. The van der Waals surface area contributed by atoms with Crippen LogP contribution in [0.5, 0.6) is 0 Å². The van der Waals surface area contributed by atoms with Gasteiger partial charge < -0.3 is 9.13 Å². The first kappa shape index (κ1) is 28.4. The molecule has 0 spiro atoms. The fraction of sp³-hybridized carbons (Fsp3) is 0.182. The van der Waals surface area contributed by atoms with Crippen molar-refractivity contribution in [2.75, 3.05) is 0 Å². The summed E-state index contributed by atoms with van der Waals surface area (Å²) in [7, 11) is 0. The minimum atomic E-state index is -0.0416. The molecule has 0 aliphatic heterocycles. The van der Waals surface area contributed by atoms with Gasteiger partial charge in [0.25, 0.3) is 0 Å². The summed E-state index contributed by atoms with van der Waals surface area (Å²) in [5.41, 5.74) is 11.5. The Hall–Kier alpha value is -5.08. The number of hydrogen-bond acceptors (Lipinski definition) is 0. The number of aromatic nitrogens is 2. The van der Waals surface area contributed by atoms with Gasteiger partial charge in [0.1, 0.15) is 0 Å². The Kier molecular flexibility index (Phi) is 6.48. The molecule has 0 unspecified atom stereocenters. The second-order valence-corrected chi connectivity index (χ2v) is 14.5. The highest BCUT2D eigenvalue weighted by atomic mass is 15.0. The van der Waals surface area contributed by atoms with E-state index in [-0.39, 0.29) is 10.8 Å². The van der Waals surface area contributed by atoms with Crippen LogP contribution in [0.2, 0.25) is 0 Å². The fourth-order valence-electron chi connectivity index (χ4n) is 7.34. The normalized spacial score (nSPS) is 12.5. The lowest BCUT2D eigenvalue weighted by Crippen LogP contribution is -2.20. The largest absolute Gasteiger partial charge is 0.309 e. The minimum Gasteiger partial charge on any atom is -0.309 e. The molecule has 8 aromatic rings. The summed E-state index contributed by atoms with van der Waals surface area (Å²) in [5, 5.41) is 5.20. The Labute approximate surface area is 271 Å². The van der Waals surface area contributed by atoms with Gasteiger partial charge in [0.15, 0.2) is 0 Å². The van der Waals surface area contributed by atoms with Gasteiger partial charge in [0.2, 0.25) is 0 Å². The molecule has 0 saturated heterocycles. The molecule has 0 amide bonds. The zero-order valence-electron chi connectivity index (χ0n) is 27.4. The van der Waals surface area contributed by atoms with Gasteiger partial charge in [-0.15, -0.1) is 0 Å². The third-order valence-electron chi connectivity index (χ3n) is 9.85. The van der Waals surface area contributed by atoms with Crippen LogP contribution in [0.15, 0.2) is 140 Å². The first-order valence-electron chi connectivity index (χ1n) is 16.4. The van der Waals surface area contributed by atoms with E-state index in [4.69, 9.17) is 0 Å². The van der Waals surface area contributed by atoms with Crippen LogP contribution >= 0.6 is 0 Å². The smallest absolute Gasteiger partial charge is 0.0544 e. The highest BCUT2D eigenvalue weighted by Gasteiger charge is 2.24. The molecular weight excluding hydrogens is 556 g/mol. The average Bonchev–Trinajstić information content (AvgIpc) is 3.57. The van der Waals surface area contributed by atoms with Crippen LogP contribution in [0, 0.1) is 0 Å². The van der Waals surface area contributed by atoms with Gasteiger partial charge in [0, 0.05) is 32.9 Å². The van der Waals surface area contributed by atoms with E-state index in [1.54, 1.807) is 0 Å². The van der Waals surface area contributed by atoms with Crippen molar-refractivity contribution < 1.29 is 0 Å². The van der Waals surface area contributed by atoms with Crippen molar-refractivity contribution >= 4 is 43.6 Å². The summed E-state index contributed by atoms with van der Waals surface area (Å²) in [6.07, 6.45) is 0.956. The molecule has 2 nitrogen and oxygen atoms in total. The SMILES string of the molecule is CC(C)(C)c1ccc2c3ccccc3n(-c3ccc(CC(C)(C)c4ccc5c(c4)c4ccccc4n5-c4ccccc4)cc3)c2c1. The van der Waals surface area contributed by atoms with Crippen molar-refractivity contribution in [3.05, 3.63) is 156 Å². The summed E-state index contributed by atoms with van der Waals surface area (Å²) in [6, 6.07) is 51.6. The average molecular weight is 597 g/mol. The summed E-state index contributed by atoms with van der Waals surface area (Å²) in [5.74, 6) is 0. The predicted octanol–water partition coefficient (Wildman–Crippen LogP) is 11.7. The van der Waals surface area contributed by atoms with Gasteiger partial charge in [-0.1, -0.05) is 120 Å². The van der Waals surface area contributed by atoms with Crippen molar-refractivity contribution in [1.29, 1.82) is 0 Å². The molecule has 2 heterocycles. The van der Waals surface area contributed by atoms with E-state index in [0.717, 1.165) is 6.42 Å². The lowest BCUT2D eigenvalue weighted by atomic mass is 9.79. The summed E-state index contributed by atoms with van der Waals surface area (Å²) >= 11 is 0. The lowest BCUT2D eigenvalue weighted by molar-refractivity contribution is 0.523. The number of benzene rings is 6. The van der Waals surface area contributed by atoms with Crippen molar-refractivity contribution in [2.24, 2.45) is 0 Å². The number of fused-ring (bicyclic) bond motifs is 6. The molecule has 0 saturated carbocycles. The zero-order valence-corrected chi connectivity index (χ0v) is 27.4. The Morgan fingerprint density at radius 3 is 1.61 bits per heavy atom. The molecule has 2 aromatic heterocycles. The number of para-hydroxylation sites is 3. The van der Waals surface area contributed by atoms with Gasteiger partial charge in [-0.2, -0.15) is 0 Å². The quantitative estimate of drug-likeness (QED) is 0.187. The van der Waals surface area contributed by atoms with Crippen LogP contribution < -0.4 is 0 Å². The van der Waals surface area contributed by atoms with Crippen LogP contribution in [-0.2, 0) is 17.3 Å². The molecule has 0 radical (unpaired) electrons. The molecule has 0 fully saturated rings. The Balaban J connectivity index is 1.16. The minimum absolute atomic E-state index is 0.0416. The Bertz CT molecular complexity index is 2380. The molecule has 0 N–H and O–H groups in total. The van der Waals surface area contributed by atoms with Crippen molar-refractivity contribution in [1.82, 2.24) is 9.13 Å². The highest BCUT2D eigenvalue weighted by molar-refractivity contribution is 6.10. The van der Waals surface area contributed by atoms with Crippen LogP contribution in [-0.4, -0.2) is 9.13 Å². The number of hydrogen-bond donors (Lipinski definition) is 0. The highest BCUT2D eigenvalue weighted by Crippen LogP contribution is 2.38. The lowest BCUT2D eigenvalue weighted by Gasteiger charge is -2.26. The number of rotatable bonds is 5. The van der Waals surface area contributed by atoms with E-state index in [2.05, 4.69) is 183 Å². The second kappa shape index (κ2) is 10.5. The van der Waals surface area contributed by atoms with Gasteiger partial charge in [-0.3, -0.25) is 0 Å². The molecule has 8 rings (SSSR count). The van der Waals surface area contributed by atoms with Gasteiger partial charge in [-0.25, -0.2) is 0 Å². The Morgan fingerprint density at radius 2 is 0.935 bits per heavy atom. The van der Waals surface area contributed by atoms with Gasteiger partial charge in [0.05, 0.1) is 22.1 Å². The van der Waals surface area contributed by atoms with Crippen LogP contribution in [0.4, 0.5) is 0 Å². The molecule has 226 valence electrons. The van der Waals surface area contributed by atoms with E-state index in [1.165, 1.54) is 71.7 Å². The molecule has 0 aliphatic carbocycles. The molecule has 0 bridgehead atoms. The van der Waals surface area contributed by atoms with Crippen LogP contribution in [0.3, 0.4) is 0 Å². The Morgan fingerprint density at radius 1 is 0.413 bits per heavy atom. The molecule has 0 aliphatic rings. The van der Waals surface area contributed by atoms with Gasteiger partial charge >= 0.3 is 0 Å². The topological polar surface area (TPSA) is 9.86 Å². The van der Waals surface area contributed by atoms with E-state index < -0.39 is 0 Å². The van der Waals surface area contributed by atoms with Gasteiger partial charge in [-0.05, 0) is 88.5 Å². The molecule has 6 aromatic carbocycles. The monoisotopic (exact) mass is 596 g/mol. The number of nitrogens with zero attached hydrogens (tertiary/aromatic N) is 2. The second-order valence-electron chi connectivity index (χ2n) is 14.5. The first-order valence-corrected chi connectivity index (χ1v) is 16.4. The maximum absolute atomic E-state index is 2.44. The van der Waals surface area contributed by atoms with Crippen molar-refractivity contribution in [3.8, 4) is 11.4 Å². The predicted molar refractivity (Wildman–Crippen MR) is 197 cm³/mol. The van der Waals surface area contributed by atoms with E-state index in [1.807, 2.05) is 0 Å². The van der Waals surface area contributed by atoms with Crippen LogP contribution in [0.25, 0.3) is 55.0 Å². The van der Waals surface area contributed by atoms with E-state index in [0.29, 0.717) is 0 Å². The third-order valence-corrected chi connectivity index (χ3v) is 9.85. The molecule has 46 heavy (non-hydrogen) atoms. The first-order chi connectivity index (χ1) is 22.2. The van der Waals surface area contributed by atoms with Crippen molar-refractivity contribution in [3.63, 3.8) is 0 Å². The standard InChI is InChI=1S/C44H40N2/c1-43(2,3)31-21-25-37-35-15-9-11-17-39(35)46(42(37)28-31)34-23-19-30(20-24-34)29-44(4,5)32-22-26-41-38(27-32)36-16-10-12-18-40(36)45(41)33-13-7-6-8-14-33/h6-28H,29H2,1-5H3. The summed E-state index contributed by atoms with van der Waals surface area (Å²) in [6.45, 7) is 11.6. The maximum Gasteiger partial charge on any atom is 0.0544 e. The van der Waals surface area contributed by atoms with Crippen LogP contribution in [0.1, 0.15) is 51.3 Å². The summed E-state index contributed by atoms with van der Waals surface area (Å²) in [4.78, 5) is 0. The van der Waals surface area contributed by atoms with Crippen molar-refractivity contribution in [2.45, 2.75) is 51.9 Å². The summed E-state index contributed by atoms with van der Waals surface area (Å²) < 4.78 is 4.82. The molecular formula is C44H40N2.